The molecule has 2 N–H and O–H groups in total. The van der Waals surface area contributed by atoms with E-state index in [-0.39, 0.29) is 0 Å². The predicted molar refractivity (Wildman–Crippen MR) is 84.5 cm³/mol. The van der Waals surface area contributed by atoms with Gasteiger partial charge in [0.05, 0.1) is 0 Å². The monoisotopic (exact) mass is 287 g/mol. The highest BCUT2D eigenvalue weighted by atomic mass is 28.4. The molecule has 4 heteroatoms. The number of hydrogen-bond acceptors (Lipinski definition) is 3. The van der Waals surface area contributed by atoms with Crippen LogP contribution in [-0.2, 0) is 8.85 Å². The fraction of sp³-hybridized carbons (Fsp3) is 0.250. The molecule has 0 aromatic heterocycles. The summed E-state index contributed by atoms with van der Waals surface area (Å²) in [7, 11) is -2.65. The lowest BCUT2D eigenvalue weighted by Crippen LogP contribution is -2.63. The second-order valence-corrected chi connectivity index (χ2v) is 7.38. The summed E-state index contributed by atoms with van der Waals surface area (Å²) in [5, 5.41) is 2.23. The fourth-order valence-electron chi connectivity index (χ4n) is 2.26. The first kappa shape index (κ1) is 14.9. The Balaban J connectivity index is 2.50. The number of benzene rings is 2. The largest absolute Gasteiger partial charge is 0.407 e. The summed E-state index contributed by atoms with van der Waals surface area (Å²) in [5.41, 5.74) is 5.63. The molecule has 0 aliphatic rings. The van der Waals surface area contributed by atoms with Crippen molar-refractivity contribution in [2.75, 3.05) is 19.8 Å². The third kappa shape index (κ3) is 3.16. The first-order chi connectivity index (χ1) is 9.83. The molecule has 0 spiro atoms. The van der Waals surface area contributed by atoms with Crippen LogP contribution in [0.15, 0.2) is 60.7 Å². The summed E-state index contributed by atoms with van der Waals surface area (Å²) < 4.78 is 12.3. The Morgan fingerprint density at radius 1 is 0.850 bits per heavy atom. The first-order valence-corrected chi connectivity index (χ1v) is 8.74. The molecule has 106 valence electrons. The molecular weight excluding hydrogens is 266 g/mol. The summed E-state index contributed by atoms with van der Waals surface area (Å²) in [6, 6.07) is 20.4. The maximum Gasteiger partial charge on any atom is 0.407 e. The van der Waals surface area contributed by atoms with Crippen molar-refractivity contribution in [2.45, 2.75) is 6.92 Å². The standard InChI is InChI=1S/C16H21NO2Si/c1-2-18-20(19-14-13-17,15-9-5-3-6-10-15)16-11-7-4-8-12-16/h3-12H,2,13-14,17H2,1H3. The number of rotatable bonds is 7. The van der Waals surface area contributed by atoms with Crippen molar-refractivity contribution in [3.05, 3.63) is 60.7 Å². The van der Waals surface area contributed by atoms with Gasteiger partial charge in [0.2, 0.25) is 0 Å². The maximum atomic E-state index is 6.18. The number of hydrogen-bond donors (Lipinski definition) is 1. The van der Waals surface area contributed by atoms with Gasteiger partial charge in [-0.1, -0.05) is 60.7 Å². The van der Waals surface area contributed by atoms with E-state index in [4.69, 9.17) is 14.6 Å². The van der Waals surface area contributed by atoms with E-state index in [1.807, 2.05) is 43.3 Å². The van der Waals surface area contributed by atoms with E-state index in [9.17, 15) is 0 Å². The Morgan fingerprint density at radius 3 is 1.75 bits per heavy atom. The van der Waals surface area contributed by atoms with Crippen LogP contribution in [0.2, 0.25) is 0 Å². The van der Waals surface area contributed by atoms with Crippen LogP contribution in [0.4, 0.5) is 0 Å². The van der Waals surface area contributed by atoms with Gasteiger partial charge >= 0.3 is 8.56 Å². The second-order valence-electron chi connectivity index (χ2n) is 4.42. The molecule has 0 heterocycles. The van der Waals surface area contributed by atoms with Gasteiger partial charge in [-0.15, -0.1) is 0 Å². The van der Waals surface area contributed by atoms with Crippen LogP contribution in [0.1, 0.15) is 6.92 Å². The summed E-state index contributed by atoms with van der Waals surface area (Å²) in [5.74, 6) is 0. The van der Waals surface area contributed by atoms with E-state index < -0.39 is 8.56 Å². The summed E-state index contributed by atoms with van der Waals surface area (Å²) in [6.07, 6.45) is 0. The third-order valence-electron chi connectivity index (χ3n) is 3.08. The molecule has 0 aliphatic carbocycles. The fourth-order valence-corrected chi connectivity index (χ4v) is 5.42. The van der Waals surface area contributed by atoms with Crippen LogP contribution < -0.4 is 16.1 Å². The SMILES string of the molecule is CCO[Si](OCCN)(c1ccccc1)c1ccccc1. The van der Waals surface area contributed by atoms with E-state index in [0.717, 1.165) is 10.4 Å². The van der Waals surface area contributed by atoms with Gasteiger partial charge in [0.1, 0.15) is 0 Å². The van der Waals surface area contributed by atoms with Gasteiger partial charge < -0.3 is 14.6 Å². The van der Waals surface area contributed by atoms with Gasteiger partial charge in [-0.25, -0.2) is 0 Å². The molecule has 0 atom stereocenters. The van der Waals surface area contributed by atoms with Crippen molar-refractivity contribution in [3.8, 4) is 0 Å². The topological polar surface area (TPSA) is 44.5 Å². The van der Waals surface area contributed by atoms with Crippen LogP contribution in [-0.4, -0.2) is 28.3 Å². The van der Waals surface area contributed by atoms with Gasteiger partial charge in [-0.05, 0) is 17.3 Å². The molecule has 20 heavy (non-hydrogen) atoms. The van der Waals surface area contributed by atoms with E-state index in [0.29, 0.717) is 19.8 Å². The third-order valence-corrected chi connectivity index (χ3v) is 6.57. The quantitative estimate of drug-likeness (QED) is 0.780. The first-order valence-electron chi connectivity index (χ1n) is 6.92. The Kier molecular flexibility index (Phi) is 5.49. The molecular formula is C16H21NO2Si. The van der Waals surface area contributed by atoms with Crippen LogP contribution in [0.25, 0.3) is 0 Å². The van der Waals surface area contributed by atoms with Crippen LogP contribution in [0.3, 0.4) is 0 Å². The molecule has 2 aromatic rings. The van der Waals surface area contributed by atoms with Crippen LogP contribution >= 0.6 is 0 Å². The van der Waals surface area contributed by atoms with Gasteiger partial charge in [0.25, 0.3) is 0 Å². The lowest BCUT2D eigenvalue weighted by Gasteiger charge is -2.31. The van der Waals surface area contributed by atoms with Crippen molar-refractivity contribution in [1.29, 1.82) is 0 Å². The van der Waals surface area contributed by atoms with Crippen molar-refractivity contribution in [1.82, 2.24) is 0 Å². The molecule has 3 nitrogen and oxygen atoms in total. The van der Waals surface area contributed by atoms with E-state index in [1.165, 1.54) is 0 Å². The average molecular weight is 287 g/mol. The highest BCUT2D eigenvalue weighted by molar-refractivity contribution is 6.92. The molecule has 0 bridgehead atoms. The van der Waals surface area contributed by atoms with Crippen molar-refractivity contribution >= 4 is 18.9 Å². The van der Waals surface area contributed by atoms with Crippen LogP contribution in [0.5, 0.6) is 0 Å². The minimum atomic E-state index is -2.65. The highest BCUT2D eigenvalue weighted by Gasteiger charge is 2.42. The Bertz CT molecular complexity index is 465. The molecule has 0 fully saturated rings. The van der Waals surface area contributed by atoms with Gasteiger partial charge in [-0.2, -0.15) is 0 Å². The molecule has 2 aromatic carbocycles. The van der Waals surface area contributed by atoms with Crippen LogP contribution in [0, 0.1) is 0 Å². The molecule has 0 aliphatic heterocycles. The highest BCUT2D eigenvalue weighted by Crippen LogP contribution is 2.09. The van der Waals surface area contributed by atoms with Gasteiger partial charge in [0, 0.05) is 19.8 Å². The molecule has 0 radical (unpaired) electrons. The lowest BCUT2D eigenvalue weighted by molar-refractivity contribution is 0.204. The zero-order valence-corrected chi connectivity index (χ0v) is 12.8. The van der Waals surface area contributed by atoms with Crippen molar-refractivity contribution in [3.63, 3.8) is 0 Å². The zero-order valence-electron chi connectivity index (χ0n) is 11.8. The molecule has 0 amide bonds. The summed E-state index contributed by atoms with van der Waals surface area (Å²) in [6.45, 7) is 3.59. The molecule has 0 saturated heterocycles. The summed E-state index contributed by atoms with van der Waals surface area (Å²) in [4.78, 5) is 0. The Hall–Kier alpha value is -1.46. The minimum absolute atomic E-state index is 0.488. The second kappa shape index (κ2) is 7.35. The van der Waals surface area contributed by atoms with E-state index in [2.05, 4.69) is 24.3 Å². The normalized spacial score (nSPS) is 11.5. The maximum absolute atomic E-state index is 6.18. The van der Waals surface area contributed by atoms with Gasteiger partial charge in [0.15, 0.2) is 0 Å². The Morgan fingerprint density at radius 2 is 1.35 bits per heavy atom. The smallest absolute Gasteiger partial charge is 0.388 e. The molecule has 2 rings (SSSR count). The zero-order chi connectivity index (χ0) is 14.3. The van der Waals surface area contributed by atoms with Crippen molar-refractivity contribution in [2.24, 2.45) is 5.73 Å². The number of nitrogens with two attached hydrogens (primary N) is 1. The van der Waals surface area contributed by atoms with Gasteiger partial charge in [-0.3, -0.25) is 0 Å². The average Bonchev–Trinajstić information content (AvgIpc) is 2.53. The lowest BCUT2D eigenvalue weighted by atomic mass is 10.4. The molecule has 0 saturated carbocycles. The van der Waals surface area contributed by atoms with E-state index >= 15 is 0 Å². The predicted octanol–water partition coefficient (Wildman–Crippen LogP) is 1.25. The molecule has 0 unspecified atom stereocenters. The Labute approximate surface area is 121 Å². The summed E-state index contributed by atoms with van der Waals surface area (Å²) >= 11 is 0. The van der Waals surface area contributed by atoms with Crippen molar-refractivity contribution < 1.29 is 8.85 Å². The van der Waals surface area contributed by atoms with E-state index in [1.54, 1.807) is 0 Å². The minimum Gasteiger partial charge on any atom is -0.388 e.